The molecule has 0 amide bonds. The number of alkyl halides is 2. The maximum atomic E-state index is 14.5. The van der Waals surface area contributed by atoms with Crippen LogP contribution in [0.3, 0.4) is 0 Å². The standard InChI is InChI=1S/C15H21F2N3O2/c1-22-13(21)3-2-10-4-6-15(16,17)14-11-8-18-7-5-12(11)19-20(14)9-10/h10,18H,2-9H2,1H3. The molecule has 0 saturated carbocycles. The third kappa shape index (κ3) is 2.86. The van der Waals surface area contributed by atoms with Crippen LogP contribution in [-0.2, 0) is 35.0 Å². The zero-order chi connectivity index (χ0) is 15.7. The molecule has 2 aliphatic rings. The van der Waals surface area contributed by atoms with Gasteiger partial charge >= 0.3 is 5.97 Å². The van der Waals surface area contributed by atoms with Gasteiger partial charge in [0, 0.05) is 44.5 Å². The van der Waals surface area contributed by atoms with Crippen molar-refractivity contribution in [2.24, 2.45) is 5.92 Å². The highest BCUT2D eigenvalue weighted by atomic mass is 19.3. The summed E-state index contributed by atoms with van der Waals surface area (Å²) in [5, 5.41) is 7.57. The summed E-state index contributed by atoms with van der Waals surface area (Å²) in [7, 11) is 1.34. The molecular formula is C15H21F2N3O2. The van der Waals surface area contributed by atoms with Crippen molar-refractivity contribution in [3.05, 3.63) is 17.0 Å². The van der Waals surface area contributed by atoms with E-state index in [0.717, 1.165) is 12.2 Å². The molecule has 5 nitrogen and oxygen atoms in total. The third-order valence-corrected chi connectivity index (χ3v) is 4.60. The first-order chi connectivity index (χ1) is 10.5. The minimum atomic E-state index is -2.85. The Bertz CT molecular complexity index is 571. The van der Waals surface area contributed by atoms with Crippen LogP contribution in [0.25, 0.3) is 0 Å². The number of rotatable bonds is 3. The SMILES string of the molecule is COC(=O)CCC1CCC(F)(F)c2c3c(nn2C1)CCNC3. The Morgan fingerprint density at radius 3 is 3.14 bits per heavy atom. The number of ether oxygens (including phenoxy) is 1. The number of nitrogens with one attached hydrogen (secondary N) is 1. The quantitative estimate of drug-likeness (QED) is 0.867. The van der Waals surface area contributed by atoms with Crippen molar-refractivity contribution in [2.45, 2.75) is 51.1 Å². The zero-order valence-electron chi connectivity index (χ0n) is 12.7. The predicted molar refractivity (Wildman–Crippen MR) is 75.5 cm³/mol. The fourth-order valence-corrected chi connectivity index (χ4v) is 3.40. The first-order valence-corrected chi connectivity index (χ1v) is 7.75. The third-order valence-electron chi connectivity index (χ3n) is 4.60. The molecule has 0 aromatic carbocycles. The number of hydrogen-bond acceptors (Lipinski definition) is 4. The van der Waals surface area contributed by atoms with Crippen molar-refractivity contribution in [1.82, 2.24) is 15.1 Å². The van der Waals surface area contributed by atoms with Crippen LogP contribution in [0.5, 0.6) is 0 Å². The van der Waals surface area contributed by atoms with Gasteiger partial charge in [-0.15, -0.1) is 0 Å². The average molecular weight is 313 g/mol. The molecule has 0 fully saturated rings. The smallest absolute Gasteiger partial charge is 0.305 e. The number of nitrogens with zero attached hydrogens (tertiary/aromatic N) is 2. The lowest BCUT2D eigenvalue weighted by Gasteiger charge is -2.18. The molecule has 0 radical (unpaired) electrons. The highest BCUT2D eigenvalue weighted by Crippen LogP contribution is 2.41. The molecule has 0 spiro atoms. The molecule has 2 aliphatic heterocycles. The van der Waals surface area contributed by atoms with Gasteiger partial charge in [-0.05, 0) is 18.8 Å². The van der Waals surface area contributed by atoms with E-state index in [-0.39, 0.29) is 30.4 Å². The van der Waals surface area contributed by atoms with E-state index in [1.807, 2.05) is 0 Å². The van der Waals surface area contributed by atoms with E-state index >= 15 is 0 Å². The summed E-state index contributed by atoms with van der Waals surface area (Å²) >= 11 is 0. The summed E-state index contributed by atoms with van der Waals surface area (Å²) in [4.78, 5) is 11.3. The molecule has 22 heavy (non-hydrogen) atoms. The van der Waals surface area contributed by atoms with Crippen molar-refractivity contribution in [1.29, 1.82) is 0 Å². The van der Waals surface area contributed by atoms with E-state index in [2.05, 4.69) is 15.2 Å². The molecule has 0 saturated heterocycles. The molecule has 1 N–H and O–H groups in total. The fourth-order valence-electron chi connectivity index (χ4n) is 3.40. The van der Waals surface area contributed by atoms with Gasteiger partial charge in [-0.3, -0.25) is 9.48 Å². The van der Waals surface area contributed by atoms with Crippen molar-refractivity contribution < 1.29 is 18.3 Å². The van der Waals surface area contributed by atoms with Crippen molar-refractivity contribution in [3.63, 3.8) is 0 Å². The lowest BCUT2D eigenvalue weighted by atomic mass is 9.95. The molecule has 1 unspecified atom stereocenters. The minimum absolute atomic E-state index is 0.0283. The molecule has 1 aromatic heterocycles. The maximum absolute atomic E-state index is 14.5. The second-order valence-electron chi connectivity index (χ2n) is 6.11. The Kier molecular flexibility index (Phi) is 4.16. The van der Waals surface area contributed by atoms with E-state index in [4.69, 9.17) is 0 Å². The van der Waals surface area contributed by atoms with Crippen LogP contribution < -0.4 is 5.32 Å². The summed E-state index contributed by atoms with van der Waals surface area (Å²) in [6.45, 7) is 1.70. The second-order valence-corrected chi connectivity index (χ2v) is 6.11. The van der Waals surface area contributed by atoms with Gasteiger partial charge in [0.1, 0.15) is 5.69 Å². The van der Waals surface area contributed by atoms with Gasteiger partial charge in [0.25, 0.3) is 5.92 Å². The average Bonchev–Trinajstić information content (AvgIpc) is 2.82. The molecule has 0 aliphatic carbocycles. The van der Waals surface area contributed by atoms with E-state index in [1.165, 1.54) is 11.8 Å². The zero-order valence-corrected chi connectivity index (χ0v) is 12.7. The lowest BCUT2D eigenvalue weighted by molar-refractivity contribution is -0.141. The summed E-state index contributed by atoms with van der Waals surface area (Å²) in [6, 6.07) is 0. The van der Waals surface area contributed by atoms with Gasteiger partial charge in [0.05, 0.1) is 12.8 Å². The molecule has 7 heteroatoms. The van der Waals surface area contributed by atoms with E-state index < -0.39 is 5.92 Å². The van der Waals surface area contributed by atoms with Crippen LogP contribution in [0.2, 0.25) is 0 Å². The number of halogens is 2. The highest BCUT2D eigenvalue weighted by Gasteiger charge is 2.42. The molecule has 0 bridgehead atoms. The Labute approximate surface area is 128 Å². The summed E-state index contributed by atoms with van der Waals surface area (Å²) in [5.41, 5.74) is 1.54. The topological polar surface area (TPSA) is 56.1 Å². The summed E-state index contributed by atoms with van der Waals surface area (Å²) < 4.78 is 35.2. The first kappa shape index (κ1) is 15.4. The summed E-state index contributed by atoms with van der Waals surface area (Å²) in [5.74, 6) is -3.11. The molecule has 3 heterocycles. The molecule has 122 valence electrons. The highest BCUT2D eigenvalue weighted by molar-refractivity contribution is 5.69. The fraction of sp³-hybridized carbons (Fsp3) is 0.733. The van der Waals surface area contributed by atoms with Gasteiger partial charge in [-0.2, -0.15) is 13.9 Å². The van der Waals surface area contributed by atoms with Crippen LogP contribution in [-0.4, -0.2) is 29.4 Å². The Morgan fingerprint density at radius 1 is 1.55 bits per heavy atom. The van der Waals surface area contributed by atoms with Crippen LogP contribution in [0.15, 0.2) is 0 Å². The number of aromatic nitrogens is 2. The number of esters is 1. The Morgan fingerprint density at radius 2 is 2.36 bits per heavy atom. The number of carbonyl (C=O) groups is 1. The number of hydrogen-bond donors (Lipinski definition) is 1. The second kappa shape index (κ2) is 5.95. The number of carbonyl (C=O) groups excluding carboxylic acids is 1. The minimum Gasteiger partial charge on any atom is -0.469 e. The van der Waals surface area contributed by atoms with Crippen LogP contribution in [0, 0.1) is 5.92 Å². The van der Waals surface area contributed by atoms with E-state index in [1.54, 1.807) is 0 Å². The number of fused-ring (bicyclic) bond motifs is 3. The van der Waals surface area contributed by atoms with Gasteiger partial charge in [-0.1, -0.05) is 0 Å². The Hall–Kier alpha value is -1.50. The van der Waals surface area contributed by atoms with Crippen molar-refractivity contribution in [2.75, 3.05) is 13.7 Å². The first-order valence-electron chi connectivity index (χ1n) is 7.75. The Balaban J connectivity index is 1.84. The van der Waals surface area contributed by atoms with Gasteiger partial charge in [-0.25, -0.2) is 0 Å². The molecule has 1 atom stereocenters. The number of methoxy groups -OCH3 is 1. The van der Waals surface area contributed by atoms with Crippen molar-refractivity contribution >= 4 is 5.97 Å². The maximum Gasteiger partial charge on any atom is 0.305 e. The van der Waals surface area contributed by atoms with E-state index in [9.17, 15) is 13.6 Å². The van der Waals surface area contributed by atoms with Crippen LogP contribution in [0.1, 0.15) is 42.6 Å². The van der Waals surface area contributed by atoms with Gasteiger partial charge < -0.3 is 10.1 Å². The molecular weight excluding hydrogens is 292 g/mol. The monoisotopic (exact) mass is 313 g/mol. The van der Waals surface area contributed by atoms with Crippen LogP contribution >= 0.6 is 0 Å². The molecule has 1 aromatic rings. The lowest BCUT2D eigenvalue weighted by Crippen LogP contribution is -2.26. The molecule has 3 rings (SSSR count). The van der Waals surface area contributed by atoms with Crippen molar-refractivity contribution in [3.8, 4) is 0 Å². The van der Waals surface area contributed by atoms with E-state index in [0.29, 0.717) is 37.9 Å². The predicted octanol–water partition coefficient (Wildman–Crippen LogP) is 1.98. The van der Waals surface area contributed by atoms with Crippen LogP contribution in [0.4, 0.5) is 8.78 Å². The normalized spacial score (nSPS) is 23.3. The largest absolute Gasteiger partial charge is 0.469 e. The summed E-state index contributed by atoms with van der Waals surface area (Å²) in [6.07, 6.45) is 1.74. The van der Waals surface area contributed by atoms with Gasteiger partial charge in [0.15, 0.2) is 0 Å². The van der Waals surface area contributed by atoms with Gasteiger partial charge in [0.2, 0.25) is 0 Å².